The van der Waals surface area contributed by atoms with Gasteiger partial charge in [0.1, 0.15) is 0 Å². The molecule has 0 atom stereocenters. The maximum absolute atomic E-state index is 12.1. The van der Waals surface area contributed by atoms with E-state index in [1.807, 2.05) is 6.92 Å². The number of hydrogen-bond donors (Lipinski definition) is 0. The number of allylic oxidation sites excluding steroid dienone is 2. The van der Waals surface area contributed by atoms with E-state index < -0.39 is 17.1 Å². The van der Waals surface area contributed by atoms with Gasteiger partial charge < -0.3 is 0 Å². The Labute approximate surface area is 113 Å². The van der Waals surface area contributed by atoms with Crippen molar-refractivity contribution in [3.05, 3.63) is 56.8 Å². The van der Waals surface area contributed by atoms with E-state index in [0.717, 1.165) is 19.7 Å². The highest BCUT2D eigenvalue weighted by Crippen LogP contribution is 1.81. The second kappa shape index (κ2) is 6.88. The van der Waals surface area contributed by atoms with Crippen LogP contribution in [0.4, 0.5) is 0 Å². The largest absolute Gasteiger partial charge is 0.336 e. The summed E-state index contributed by atoms with van der Waals surface area (Å²) in [5, 5.41) is 0. The van der Waals surface area contributed by atoms with Crippen LogP contribution in [0, 0.1) is 0 Å². The summed E-state index contributed by atoms with van der Waals surface area (Å²) in [7, 11) is 0.461. The maximum Gasteiger partial charge on any atom is 0.336 e. The Hall–Kier alpha value is -1.89. The van der Waals surface area contributed by atoms with E-state index in [0.29, 0.717) is 15.7 Å². The topological polar surface area (TPSA) is 66.0 Å². The molecule has 102 valence electrons. The molecule has 0 amide bonds. The van der Waals surface area contributed by atoms with Crippen LogP contribution >= 0.6 is 0 Å². The van der Waals surface area contributed by atoms with Gasteiger partial charge in [0, 0.05) is 6.17 Å². The Kier molecular flexibility index (Phi) is 5.50. The third kappa shape index (κ3) is 3.11. The average molecular weight is 279 g/mol. The Morgan fingerprint density at radius 1 is 0.947 bits per heavy atom. The number of hydrogen-bond acceptors (Lipinski definition) is 3. The number of nitrogens with zero attached hydrogens (tertiary/aromatic N) is 3. The summed E-state index contributed by atoms with van der Waals surface area (Å²) < 4.78 is 3.13. The van der Waals surface area contributed by atoms with E-state index in [-0.39, 0.29) is 13.1 Å². The van der Waals surface area contributed by atoms with Crippen molar-refractivity contribution in [1.29, 1.82) is 0 Å². The summed E-state index contributed by atoms with van der Waals surface area (Å²) in [5.41, 5.74) is -1.77. The Morgan fingerprint density at radius 3 is 1.74 bits per heavy atom. The standard InChI is InChI=1S/C12H17N3O3Si/c1-4-7-13-10(16)14(8-5-2)12(18)15(11(13)17)9-19-6-3/h4-5H,1-2,6-9H2,3H3. The number of aromatic nitrogens is 3. The zero-order valence-electron chi connectivity index (χ0n) is 11.0. The van der Waals surface area contributed by atoms with E-state index in [1.165, 1.54) is 12.2 Å². The van der Waals surface area contributed by atoms with Crippen molar-refractivity contribution in [2.24, 2.45) is 0 Å². The fourth-order valence-corrected chi connectivity index (χ4v) is 2.33. The van der Waals surface area contributed by atoms with Gasteiger partial charge in [0.05, 0.1) is 22.6 Å². The molecule has 0 fully saturated rings. The molecular formula is C12H17N3O3Si. The molecular weight excluding hydrogens is 262 g/mol. The lowest BCUT2D eigenvalue weighted by atomic mass is 10.5. The van der Waals surface area contributed by atoms with E-state index in [2.05, 4.69) is 13.2 Å². The van der Waals surface area contributed by atoms with E-state index in [9.17, 15) is 14.4 Å². The summed E-state index contributed by atoms with van der Waals surface area (Å²) in [6.45, 7) is 9.18. The molecule has 0 unspecified atom stereocenters. The zero-order chi connectivity index (χ0) is 14.4. The monoisotopic (exact) mass is 279 g/mol. The summed E-state index contributed by atoms with van der Waals surface area (Å²) in [4.78, 5) is 36.2. The normalized spacial score (nSPS) is 10.4. The first-order chi connectivity index (χ1) is 9.08. The fourth-order valence-electron chi connectivity index (χ4n) is 1.61. The van der Waals surface area contributed by atoms with E-state index in [4.69, 9.17) is 0 Å². The predicted octanol–water partition coefficient (Wildman–Crippen LogP) is -0.356. The minimum absolute atomic E-state index is 0.0876. The molecule has 6 nitrogen and oxygen atoms in total. The highest BCUT2D eigenvalue weighted by atomic mass is 28.2. The lowest BCUT2D eigenvalue weighted by molar-refractivity contribution is 0.510. The molecule has 1 aromatic heterocycles. The van der Waals surface area contributed by atoms with Crippen LogP contribution in [-0.4, -0.2) is 23.2 Å². The van der Waals surface area contributed by atoms with Gasteiger partial charge in [-0.05, 0) is 0 Å². The molecule has 0 spiro atoms. The highest BCUT2D eigenvalue weighted by Gasteiger charge is 2.13. The highest BCUT2D eigenvalue weighted by molar-refractivity contribution is 6.33. The Balaban J connectivity index is 3.58. The van der Waals surface area contributed by atoms with Crippen LogP contribution in [-0.2, 0) is 19.3 Å². The predicted molar refractivity (Wildman–Crippen MR) is 75.9 cm³/mol. The molecule has 1 aromatic rings. The summed E-state index contributed by atoms with van der Waals surface area (Å²) >= 11 is 0. The van der Waals surface area contributed by atoms with Crippen molar-refractivity contribution in [3.8, 4) is 0 Å². The fraction of sp³-hybridized carbons (Fsp3) is 0.417. The first kappa shape index (κ1) is 15.2. The minimum atomic E-state index is -0.620. The van der Waals surface area contributed by atoms with Crippen LogP contribution in [0.5, 0.6) is 0 Å². The van der Waals surface area contributed by atoms with Crippen LogP contribution < -0.4 is 17.1 Å². The first-order valence-corrected chi connectivity index (χ1v) is 7.36. The van der Waals surface area contributed by atoms with Gasteiger partial charge in [-0.2, -0.15) is 0 Å². The third-order valence-corrected chi connectivity index (χ3v) is 3.57. The van der Waals surface area contributed by atoms with Gasteiger partial charge >= 0.3 is 17.1 Å². The van der Waals surface area contributed by atoms with Crippen LogP contribution in [0.25, 0.3) is 0 Å². The van der Waals surface area contributed by atoms with Crippen molar-refractivity contribution < 1.29 is 0 Å². The molecule has 0 aromatic carbocycles. The maximum atomic E-state index is 12.1. The van der Waals surface area contributed by atoms with Gasteiger partial charge in [0.2, 0.25) is 0 Å². The smallest absolute Gasteiger partial charge is 0.248 e. The van der Waals surface area contributed by atoms with Crippen molar-refractivity contribution in [2.75, 3.05) is 0 Å². The molecule has 0 saturated heterocycles. The molecule has 2 radical (unpaired) electrons. The molecule has 0 aliphatic heterocycles. The van der Waals surface area contributed by atoms with Crippen molar-refractivity contribution in [1.82, 2.24) is 13.7 Å². The third-order valence-electron chi connectivity index (χ3n) is 2.53. The van der Waals surface area contributed by atoms with Gasteiger partial charge in [-0.3, -0.25) is 0 Å². The summed E-state index contributed by atoms with van der Waals surface area (Å²) in [5.74, 6) is 0. The van der Waals surface area contributed by atoms with Crippen molar-refractivity contribution >= 4 is 9.52 Å². The Bertz CT molecular complexity index is 591. The summed E-state index contributed by atoms with van der Waals surface area (Å²) in [6, 6.07) is 0.883. The summed E-state index contributed by atoms with van der Waals surface area (Å²) in [6.07, 6.45) is 3.25. The molecule has 0 aliphatic carbocycles. The molecule has 0 saturated carbocycles. The molecule has 7 heteroatoms. The van der Waals surface area contributed by atoms with Gasteiger partial charge in [-0.25, -0.2) is 28.1 Å². The Morgan fingerprint density at radius 2 is 1.37 bits per heavy atom. The molecule has 1 rings (SSSR count). The SMILES string of the molecule is C=CCn1c(=O)n(CC=C)c(=O)n(C[Si]CC)c1=O. The van der Waals surface area contributed by atoms with Gasteiger partial charge in [0.15, 0.2) is 0 Å². The molecule has 1 heterocycles. The van der Waals surface area contributed by atoms with Gasteiger partial charge in [-0.15, -0.1) is 13.2 Å². The quantitative estimate of drug-likeness (QED) is 0.506. The van der Waals surface area contributed by atoms with Crippen molar-refractivity contribution in [3.63, 3.8) is 0 Å². The molecule has 0 aliphatic rings. The minimum Gasteiger partial charge on any atom is -0.248 e. The van der Waals surface area contributed by atoms with Gasteiger partial charge in [0.25, 0.3) is 0 Å². The molecule has 19 heavy (non-hydrogen) atoms. The second-order valence-corrected chi connectivity index (χ2v) is 5.36. The van der Waals surface area contributed by atoms with Crippen LogP contribution in [0.3, 0.4) is 0 Å². The lowest BCUT2D eigenvalue weighted by Gasteiger charge is -2.11. The van der Waals surface area contributed by atoms with E-state index in [1.54, 1.807) is 0 Å². The molecule has 0 bridgehead atoms. The average Bonchev–Trinajstić information content (AvgIpc) is 2.40. The van der Waals surface area contributed by atoms with Crippen molar-refractivity contribution in [2.45, 2.75) is 32.2 Å². The number of rotatable bonds is 7. The van der Waals surface area contributed by atoms with E-state index >= 15 is 0 Å². The van der Waals surface area contributed by atoms with Crippen LogP contribution in [0.2, 0.25) is 6.04 Å². The zero-order valence-corrected chi connectivity index (χ0v) is 12.0. The van der Waals surface area contributed by atoms with Crippen LogP contribution in [0.15, 0.2) is 39.7 Å². The lowest BCUT2D eigenvalue weighted by Crippen LogP contribution is -2.54. The first-order valence-electron chi connectivity index (χ1n) is 5.95. The van der Waals surface area contributed by atoms with Crippen LogP contribution in [0.1, 0.15) is 6.92 Å². The van der Waals surface area contributed by atoms with Gasteiger partial charge in [-0.1, -0.05) is 25.1 Å². The second-order valence-electron chi connectivity index (χ2n) is 3.84. The molecule has 0 N–H and O–H groups in total.